The van der Waals surface area contributed by atoms with Gasteiger partial charge >= 0.3 is 0 Å². The summed E-state index contributed by atoms with van der Waals surface area (Å²) in [6.45, 7) is 8.00. The zero-order valence-corrected chi connectivity index (χ0v) is 12.9. The minimum atomic E-state index is 0.212. The quantitative estimate of drug-likeness (QED) is 0.887. The lowest BCUT2D eigenvalue weighted by Crippen LogP contribution is -2.26. The maximum absolute atomic E-state index is 6.31. The van der Waals surface area contributed by atoms with Crippen LogP contribution in [-0.4, -0.2) is 15.0 Å². The summed E-state index contributed by atoms with van der Waals surface area (Å²) in [7, 11) is 0. The summed E-state index contributed by atoms with van der Waals surface area (Å²) in [5.41, 5.74) is 2.23. The van der Waals surface area contributed by atoms with Crippen molar-refractivity contribution in [3.8, 4) is 0 Å². The minimum Gasteiger partial charge on any atom is -0.304 e. The molecule has 4 nitrogen and oxygen atoms in total. The zero-order valence-electron chi connectivity index (χ0n) is 12.2. The lowest BCUT2D eigenvalue weighted by Gasteiger charge is -2.24. The first-order valence-corrected chi connectivity index (χ1v) is 7.36. The van der Waals surface area contributed by atoms with Crippen LogP contribution in [0.3, 0.4) is 0 Å². The Kier molecular flexibility index (Phi) is 5.15. The van der Waals surface area contributed by atoms with Crippen LogP contribution in [0.1, 0.15) is 38.1 Å². The largest absolute Gasteiger partial charge is 0.304 e. The number of halogens is 1. The number of rotatable bonds is 6. The van der Waals surface area contributed by atoms with E-state index >= 15 is 0 Å². The molecule has 1 unspecified atom stereocenters. The zero-order chi connectivity index (χ0) is 14.5. The summed E-state index contributed by atoms with van der Waals surface area (Å²) in [5, 5.41) is 12.4. The van der Waals surface area contributed by atoms with Crippen molar-refractivity contribution < 1.29 is 0 Å². The molecule has 0 aliphatic carbocycles. The predicted octanol–water partition coefficient (Wildman–Crippen LogP) is 3.44. The second kappa shape index (κ2) is 6.86. The van der Waals surface area contributed by atoms with E-state index in [-0.39, 0.29) is 6.04 Å². The van der Waals surface area contributed by atoms with E-state index in [0.29, 0.717) is 5.92 Å². The molecule has 5 heteroatoms. The van der Waals surface area contributed by atoms with Gasteiger partial charge in [-0.3, -0.25) is 0 Å². The van der Waals surface area contributed by atoms with Crippen LogP contribution in [0.2, 0.25) is 5.02 Å². The highest BCUT2D eigenvalue weighted by Gasteiger charge is 2.18. The Morgan fingerprint density at radius 3 is 2.70 bits per heavy atom. The molecule has 1 heterocycles. The van der Waals surface area contributed by atoms with Gasteiger partial charge in [0, 0.05) is 24.2 Å². The maximum atomic E-state index is 6.31. The van der Waals surface area contributed by atoms with Crippen LogP contribution >= 0.6 is 11.6 Å². The fourth-order valence-corrected chi connectivity index (χ4v) is 2.58. The predicted molar refractivity (Wildman–Crippen MR) is 81.6 cm³/mol. The number of hydrogen-bond donors (Lipinski definition) is 1. The number of nitrogens with zero attached hydrogens (tertiary/aromatic N) is 3. The van der Waals surface area contributed by atoms with Crippen molar-refractivity contribution >= 4 is 11.6 Å². The Morgan fingerprint density at radius 1 is 1.30 bits per heavy atom. The van der Waals surface area contributed by atoms with Crippen LogP contribution in [-0.2, 0) is 13.1 Å². The van der Waals surface area contributed by atoms with E-state index in [1.54, 1.807) is 6.20 Å². The number of hydrogen-bond acceptors (Lipinski definition) is 3. The van der Waals surface area contributed by atoms with Crippen LogP contribution in [0.5, 0.6) is 0 Å². The first-order valence-electron chi connectivity index (χ1n) is 6.98. The summed E-state index contributed by atoms with van der Waals surface area (Å²) in [4.78, 5) is 0. The van der Waals surface area contributed by atoms with Gasteiger partial charge in [0.25, 0.3) is 0 Å². The van der Waals surface area contributed by atoms with Crippen molar-refractivity contribution in [2.75, 3.05) is 0 Å². The smallest absolute Gasteiger partial charge is 0.0738 e. The van der Waals surface area contributed by atoms with Gasteiger partial charge in [-0.1, -0.05) is 48.9 Å². The van der Waals surface area contributed by atoms with Gasteiger partial charge in [0.2, 0.25) is 0 Å². The molecular weight excluding hydrogens is 272 g/mol. The van der Waals surface area contributed by atoms with Crippen molar-refractivity contribution in [1.29, 1.82) is 0 Å². The van der Waals surface area contributed by atoms with Crippen molar-refractivity contribution in [2.45, 2.75) is 39.9 Å². The van der Waals surface area contributed by atoms with Gasteiger partial charge in [0.05, 0.1) is 11.9 Å². The third-order valence-electron chi connectivity index (χ3n) is 3.41. The standard InChI is InChI=1S/C15H21ClN4/c1-4-20-12(10-18-19-20)9-17-15(11(2)3)13-7-5-6-8-14(13)16/h5-8,10-11,15,17H,4,9H2,1-3H3. The Morgan fingerprint density at radius 2 is 2.05 bits per heavy atom. The summed E-state index contributed by atoms with van der Waals surface area (Å²) >= 11 is 6.31. The Labute approximate surface area is 125 Å². The monoisotopic (exact) mass is 292 g/mol. The number of aryl methyl sites for hydroxylation is 1. The molecule has 0 saturated carbocycles. The molecule has 1 aromatic heterocycles. The fraction of sp³-hybridized carbons (Fsp3) is 0.467. The van der Waals surface area contributed by atoms with E-state index in [1.807, 2.05) is 22.9 Å². The number of nitrogens with one attached hydrogen (secondary N) is 1. The van der Waals surface area contributed by atoms with Crippen LogP contribution < -0.4 is 5.32 Å². The van der Waals surface area contributed by atoms with Crippen molar-refractivity contribution in [3.63, 3.8) is 0 Å². The number of aromatic nitrogens is 3. The molecule has 0 saturated heterocycles. The molecule has 2 rings (SSSR count). The summed E-state index contributed by atoms with van der Waals surface area (Å²) in [5.74, 6) is 0.445. The highest BCUT2D eigenvalue weighted by atomic mass is 35.5. The topological polar surface area (TPSA) is 42.7 Å². The van der Waals surface area contributed by atoms with Crippen LogP contribution in [0.15, 0.2) is 30.5 Å². The molecule has 2 aromatic rings. The van der Waals surface area contributed by atoms with Gasteiger partial charge in [0.1, 0.15) is 0 Å². The third kappa shape index (κ3) is 3.38. The molecule has 1 aromatic carbocycles. The lowest BCUT2D eigenvalue weighted by molar-refractivity contribution is 0.402. The van der Waals surface area contributed by atoms with Crippen LogP contribution in [0, 0.1) is 5.92 Å². The maximum Gasteiger partial charge on any atom is 0.0738 e. The van der Waals surface area contributed by atoms with E-state index < -0.39 is 0 Å². The highest BCUT2D eigenvalue weighted by Crippen LogP contribution is 2.28. The van der Waals surface area contributed by atoms with Crippen LogP contribution in [0.25, 0.3) is 0 Å². The molecule has 0 fully saturated rings. The lowest BCUT2D eigenvalue weighted by atomic mass is 9.96. The molecule has 1 N–H and O–H groups in total. The molecular formula is C15H21ClN4. The second-order valence-corrected chi connectivity index (χ2v) is 5.57. The molecule has 0 spiro atoms. The average molecular weight is 293 g/mol. The van der Waals surface area contributed by atoms with Gasteiger partial charge in [-0.05, 0) is 24.5 Å². The summed E-state index contributed by atoms with van der Waals surface area (Å²) in [6, 6.07) is 8.21. The average Bonchev–Trinajstić information content (AvgIpc) is 2.88. The Hall–Kier alpha value is -1.39. The molecule has 0 bridgehead atoms. The van der Waals surface area contributed by atoms with Crippen molar-refractivity contribution in [2.24, 2.45) is 5.92 Å². The molecule has 1 atom stereocenters. The first kappa shape index (κ1) is 15.0. The van der Waals surface area contributed by atoms with E-state index in [9.17, 15) is 0 Å². The molecule has 108 valence electrons. The fourth-order valence-electron chi connectivity index (χ4n) is 2.33. The van der Waals surface area contributed by atoms with Gasteiger partial charge in [0.15, 0.2) is 0 Å². The molecule has 20 heavy (non-hydrogen) atoms. The minimum absolute atomic E-state index is 0.212. The first-order chi connectivity index (χ1) is 9.63. The third-order valence-corrected chi connectivity index (χ3v) is 3.75. The Bertz CT molecular complexity index is 550. The van der Waals surface area contributed by atoms with Crippen LogP contribution in [0.4, 0.5) is 0 Å². The number of benzene rings is 1. The SMILES string of the molecule is CCn1nncc1CNC(c1ccccc1Cl)C(C)C. The molecule has 0 amide bonds. The summed E-state index contributed by atoms with van der Waals surface area (Å²) in [6.07, 6.45) is 1.81. The second-order valence-electron chi connectivity index (χ2n) is 5.17. The van der Waals surface area contributed by atoms with E-state index in [2.05, 4.69) is 42.5 Å². The van der Waals surface area contributed by atoms with E-state index in [4.69, 9.17) is 11.6 Å². The normalized spacial score (nSPS) is 12.8. The highest BCUT2D eigenvalue weighted by molar-refractivity contribution is 6.31. The van der Waals surface area contributed by atoms with E-state index in [1.165, 1.54) is 0 Å². The van der Waals surface area contributed by atoms with Gasteiger partial charge in [-0.2, -0.15) is 0 Å². The van der Waals surface area contributed by atoms with E-state index in [0.717, 1.165) is 29.4 Å². The molecule has 0 aliphatic heterocycles. The van der Waals surface area contributed by atoms with Gasteiger partial charge < -0.3 is 5.32 Å². The Balaban J connectivity index is 2.13. The van der Waals surface area contributed by atoms with Crippen molar-refractivity contribution in [1.82, 2.24) is 20.3 Å². The summed E-state index contributed by atoms with van der Waals surface area (Å²) < 4.78 is 1.90. The molecule has 0 aliphatic rings. The van der Waals surface area contributed by atoms with Gasteiger partial charge in [-0.25, -0.2) is 4.68 Å². The molecule has 0 radical (unpaired) electrons. The van der Waals surface area contributed by atoms with Crippen molar-refractivity contribution in [3.05, 3.63) is 46.7 Å². The van der Waals surface area contributed by atoms with Gasteiger partial charge in [-0.15, -0.1) is 5.10 Å².